The standard InChI is InChI=1S/C14H16ClN3OS/c1-9(16)13-17-12(8-20-13)14(19)18(2)7-10-4-3-5-11(15)6-10/h3-6,8-9H,7,16H2,1-2H3. The maximum atomic E-state index is 12.3. The number of benzene rings is 1. The van der Waals surface area contributed by atoms with Crippen molar-refractivity contribution in [1.82, 2.24) is 9.88 Å². The van der Waals surface area contributed by atoms with E-state index in [9.17, 15) is 4.79 Å². The van der Waals surface area contributed by atoms with Crippen molar-refractivity contribution >= 4 is 28.8 Å². The number of thiazole rings is 1. The van der Waals surface area contributed by atoms with Crippen LogP contribution in [0.15, 0.2) is 29.6 Å². The first-order valence-corrected chi connectivity index (χ1v) is 7.44. The maximum absolute atomic E-state index is 12.3. The molecule has 1 amide bonds. The van der Waals surface area contributed by atoms with Gasteiger partial charge in [0.2, 0.25) is 0 Å². The number of nitrogens with zero attached hydrogens (tertiary/aromatic N) is 2. The third-order valence-corrected chi connectivity index (χ3v) is 4.07. The average Bonchev–Trinajstić information content (AvgIpc) is 2.87. The van der Waals surface area contributed by atoms with Gasteiger partial charge in [-0.25, -0.2) is 4.98 Å². The second-order valence-corrected chi connectivity index (χ2v) is 5.98. The topological polar surface area (TPSA) is 59.2 Å². The van der Waals surface area contributed by atoms with Gasteiger partial charge in [-0.05, 0) is 24.6 Å². The molecule has 2 rings (SSSR count). The van der Waals surface area contributed by atoms with Gasteiger partial charge < -0.3 is 10.6 Å². The van der Waals surface area contributed by atoms with Crippen molar-refractivity contribution in [3.63, 3.8) is 0 Å². The molecule has 0 saturated heterocycles. The Balaban J connectivity index is 2.08. The molecule has 2 aromatic rings. The second kappa shape index (κ2) is 6.35. The molecule has 1 heterocycles. The second-order valence-electron chi connectivity index (χ2n) is 4.65. The minimum atomic E-state index is -0.153. The summed E-state index contributed by atoms with van der Waals surface area (Å²) in [6, 6.07) is 7.30. The van der Waals surface area contributed by atoms with Gasteiger partial charge in [-0.2, -0.15) is 0 Å². The lowest BCUT2D eigenvalue weighted by atomic mass is 10.2. The van der Waals surface area contributed by atoms with Crippen LogP contribution in [-0.4, -0.2) is 22.8 Å². The summed E-state index contributed by atoms with van der Waals surface area (Å²) in [4.78, 5) is 18.1. The van der Waals surface area contributed by atoms with E-state index in [1.807, 2.05) is 31.2 Å². The number of halogens is 1. The van der Waals surface area contributed by atoms with E-state index < -0.39 is 0 Å². The summed E-state index contributed by atoms with van der Waals surface area (Å²) in [5.74, 6) is -0.117. The molecule has 0 radical (unpaired) electrons. The van der Waals surface area contributed by atoms with E-state index >= 15 is 0 Å². The molecule has 1 aromatic carbocycles. The molecule has 6 heteroatoms. The van der Waals surface area contributed by atoms with Crippen LogP contribution in [0.5, 0.6) is 0 Å². The Labute approximate surface area is 127 Å². The fraction of sp³-hybridized carbons (Fsp3) is 0.286. The van der Waals surface area contributed by atoms with Gasteiger partial charge in [0.15, 0.2) is 0 Å². The quantitative estimate of drug-likeness (QED) is 0.944. The Hall–Kier alpha value is -1.43. The van der Waals surface area contributed by atoms with Gasteiger partial charge in [-0.15, -0.1) is 11.3 Å². The number of carbonyl (C=O) groups is 1. The molecule has 1 atom stereocenters. The van der Waals surface area contributed by atoms with Gasteiger partial charge >= 0.3 is 0 Å². The molecule has 20 heavy (non-hydrogen) atoms. The van der Waals surface area contributed by atoms with E-state index in [1.54, 1.807) is 17.3 Å². The first-order chi connectivity index (χ1) is 9.47. The summed E-state index contributed by atoms with van der Waals surface area (Å²) in [6.07, 6.45) is 0. The third-order valence-electron chi connectivity index (χ3n) is 2.79. The summed E-state index contributed by atoms with van der Waals surface area (Å²) in [5.41, 5.74) is 7.17. The normalized spacial score (nSPS) is 12.2. The number of hydrogen-bond donors (Lipinski definition) is 1. The number of amides is 1. The van der Waals surface area contributed by atoms with Gasteiger partial charge in [0.25, 0.3) is 5.91 Å². The lowest BCUT2D eigenvalue weighted by Gasteiger charge is -2.16. The SMILES string of the molecule is CC(N)c1nc(C(=O)N(C)Cc2cccc(Cl)c2)cs1. The smallest absolute Gasteiger partial charge is 0.273 e. The van der Waals surface area contributed by atoms with E-state index in [-0.39, 0.29) is 11.9 Å². The van der Waals surface area contributed by atoms with E-state index in [1.165, 1.54) is 11.3 Å². The Morgan fingerprint density at radius 2 is 2.30 bits per heavy atom. The van der Waals surface area contributed by atoms with Gasteiger partial charge in [0.05, 0.1) is 6.04 Å². The van der Waals surface area contributed by atoms with Crippen LogP contribution in [0.2, 0.25) is 5.02 Å². The summed E-state index contributed by atoms with van der Waals surface area (Å²) >= 11 is 7.34. The number of rotatable bonds is 4. The molecule has 0 aliphatic carbocycles. The maximum Gasteiger partial charge on any atom is 0.273 e. The Morgan fingerprint density at radius 1 is 1.55 bits per heavy atom. The summed E-state index contributed by atoms with van der Waals surface area (Å²) in [6.45, 7) is 2.34. The van der Waals surface area contributed by atoms with Crippen LogP contribution in [0.4, 0.5) is 0 Å². The third kappa shape index (κ3) is 3.56. The van der Waals surface area contributed by atoms with Gasteiger partial charge in [0.1, 0.15) is 10.7 Å². The van der Waals surface area contributed by atoms with Crippen LogP contribution < -0.4 is 5.73 Å². The fourth-order valence-electron chi connectivity index (χ4n) is 1.77. The molecule has 0 saturated carbocycles. The van der Waals surface area contributed by atoms with Gasteiger partial charge in [0, 0.05) is 24.0 Å². The van der Waals surface area contributed by atoms with E-state index in [4.69, 9.17) is 17.3 Å². The van der Waals surface area contributed by atoms with Gasteiger partial charge in [-0.1, -0.05) is 23.7 Å². The van der Waals surface area contributed by atoms with Crippen molar-refractivity contribution in [3.8, 4) is 0 Å². The Kier molecular flexibility index (Phi) is 4.75. The summed E-state index contributed by atoms with van der Waals surface area (Å²) in [5, 5.41) is 3.18. The lowest BCUT2D eigenvalue weighted by molar-refractivity contribution is 0.0780. The van der Waals surface area contributed by atoms with Gasteiger partial charge in [-0.3, -0.25) is 4.79 Å². The number of nitrogens with two attached hydrogens (primary N) is 1. The first kappa shape index (κ1) is 15.0. The predicted molar refractivity (Wildman–Crippen MR) is 82.0 cm³/mol. The van der Waals surface area contributed by atoms with Crippen LogP contribution in [0, 0.1) is 0 Å². The van der Waals surface area contributed by atoms with Crippen LogP contribution in [0.3, 0.4) is 0 Å². The molecule has 2 N–H and O–H groups in total. The fourth-order valence-corrected chi connectivity index (χ4v) is 2.74. The minimum absolute atomic E-state index is 0.117. The number of hydrogen-bond acceptors (Lipinski definition) is 4. The zero-order chi connectivity index (χ0) is 14.7. The summed E-state index contributed by atoms with van der Waals surface area (Å²) < 4.78 is 0. The Morgan fingerprint density at radius 3 is 2.90 bits per heavy atom. The highest BCUT2D eigenvalue weighted by Crippen LogP contribution is 2.18. The molecule has 0 fully saturated rings. The first-order valence-electron chi connectivity index (χ1n) is 6.18. The molecule has 1 aromatic heterocycles. The molecule has 4 nitrogen and oxygen atoms in total. The van der Waals surface area contributed by atoms with Crippen LogP contribution in [-0.2, 0) is 6.54 Å². The molecule has 0 aliphatic rings. The largest absolute Gasteiger partial charge is 0.336 e. The predicted octanol–water partition coefficient (Wildman–Crippen LogP) is 3.09. The highest BCUT2D eigenvalue weighted by molar-refractivity contribution is 7.09. The van der Waals surface area contributed by atoms with E-state index in [2.05, 4.69) is 4.98 Å². The van der Waals surface area contributed by atoms with Crippen LogP contribution in [0.25, 0.3) is 0 Å². The zero-order valence-electron chi connectivity index (χ0n) is 11.3. The lowest BCUT2D eigenvalue weighted by Crippen LogP contribution is -2.26. The minimum Gasteiger partial charge on any atom is -0.336 e. The summed E-state index contributed by atoms with van der Waals surface area (Å²) in [7, 11) is 1.74. The number of aromatic nitrogens is 1. The van der Waals surface area contributed by atoms with E-state index in [0.29, 0.717) is 17.3 Å². The monoisotopic (exact) mass is 309 g/mol. The molecule has 0 aliphatic heterocycles. The highest BCUT2D eigenvalue weighted by atomic mass is 35.5. The molecular weight excluding hydrogens is 294 g/mol. The van der Waals surface area contributed by atoms with Crippen molar-refractivity contribution in [2.45, 2.75) is 19.5 Å². The van der Waals surface area contributed by atoms with Crippen molar-refractivity contribution in [3.05, 3.63) is 50.9 Å². The Bertz CT molecular complexity index is 612. The number of carbonyl (C=O) groups excluding carboxylic acids is 1. The molecule has 0 spiro atoms. The highest BCUT2D eigenvalue weighted by Gasteiger charge is 2.16. The molecule has 0 bridgehead atoms. The van der Waals surface area contributed by atoms with E-state index in [0.717, 1.165) is 10.6 Å². The zero-order valence-corrected chi connectivity index (χ0v) is 12.9. The van der Waals surface area contributed by atoms with Crippen molar-refractivity contribution < 1.29 is 4.79 Å². The molecule has 1 unspecified atom stereocenters. The average molecular weight is 310 g/mol. The van der Waals surface area contributed by atoms with Crippen molar-refractivity contribution in [1.29, 1.82) is 0 Å². The van der Waals surface area contributed by atoms with Crippen LogP contribution in [0.1, 0.15) is 34.0 Å². The van der Waals surface area contributed by atoms with Crippen LogP contribution >= 0.6 is 22.9 Å². The molecule has 106 valence electrons. The van der Waals surface area contributed by atoms with Crippen molar-refractivity contribution in [2.24, 2.45) is 5.73 Å². The molecular formula is C14H16ClN3OS. The van der Waals surface area contributed by atoms with Crippen molar-refractivity contribution in [2.75, 3.05) is 7.05 Å².